The molecule has 0 bridgehead atoms. The van der Waals surface area contributed by atoms with Crippen molar-refractivity contribution in [2.75, 3.05) is 6.26 Å². The zero-order chi connectivity index (χ0) is 10.2. The third-order valence-electron chi connectivity index (χ3n) is 1.75. The minimum Gasteiger partial charge on any atom is -0.298 e. The SMILES string of the molecule is C[C@@H](C(=O)C(C)(C)C)S(C)(=O)=O. The minimum atomic E-state index is -3.23. The van der Waals surface area contributed by atoms with Gasteiger partial charge in [0.25, 0.3) is 0 Å². The lowest BCUT2D eigenvalue weighted by molar-refractivity contribution is -0.125. The summed E-state index contributed by atoms with van der Waals surface area (Å²) in [5, 5.41) is -0.891. The van der Waals surface area contributed by atoms with Crippen molar-refractivity contribution in [1.29, 1.82) is 0 Å². The lowest BCUT2D eigenvalue weighted by atomic mass is 9.89. The number of rotatable bonds is 2. The summed E-state index contributed by atoms with van der Waals surface area (Å²) in [6.45, 7) is 6.59. The van der Waals surface area contributed by atoms with Crippen LogP contribution in [0.2, 0.25) is 0 Å². The molecule has 0 spiro atoms. The molecule has 0 amide bonds. The molecule has 0 rings (SSSR count). The highest BCUT2D eigenvalue weighted by Crippen LogP contribution is 2.19. The van der Waals surface area contributed by atoms with Crippen LogP contribution in [0.1, 0.15) is 27.7 Å². The van der Waals surface area contributed by atoms with E-state index in [0.717, 1.165) is 6.26 Å². The zero-order valence-corrected chi connectivity index (χ0v) is 9.03. The molecule has 0 radical (unpaired) electrons. The molecule has 0 N–H and O–H groups in total. The van der Waals surface area contributed by atoms with Gasteiger partial charge in [0.2, 0.25) is 0 Å². The number of carbonyl (C=O) groups excluding carboxylic acids is 1. The quantitative estimate of drug-likeness (QED) is 0.656. The van der Waals surface area contributed by atoms with Gasteiger partial charge in [0.15, 0.2) is 15.6 Å². The molecule has 0 aromatic rings. The summed E-state index contributed by atoms with van der Waals surface area (Å²) in [4.78, 5) is 11.4. The summed E-state index contributed by atoms with van der Waals surface area (Å²) in [7, 11) is -3.23. The third-order valence-corrected chi connectivity index (χ3v) is 3.25. The standard InChI is InChI=1S/C8H16O3S/c1-6(12(5,10)11)7(9)8(2,3)4/h6H,1-5H3/t6-/m0/s1. The van der Waals surface area contributed by atoms with Crippen molar-refractivity contribution < 1.29 is 13.2 Å². The smallest absolute Gasteiger partial charge is 0.157 e. The van der Waals surface area contributed by atoms with Gasteiger partial charge in [0.1, 0.15) is 5.25 Å². The Morgan fingerprint density at radius 1 is 1.25 bits per heavy atom. The van der Waals surface area contributed by atoms with Gasteiger partial charge in [0, 0.05) is 11.7 Å². The van der Waals surface area contributed by atoms with Gasteiger partial charge in [-0.2, -0.15) is 0 Å². The van der Waals surface area contributed by atoms with Gasteiger partial charge < -0.3 is 0 Å². The summed E-state index contributed by atoms with van der Waals surface area (Å²) in [6.07, 6.45) is 1.08. The van der Waals surface area contributed by atoms with Crippen LogP contribution >= 0.6 is 0 Å². The van der Waals surface area contributed by atoms with Crippen molar-refractivity contribution in [3.63, 3.8) is 0 Å². The molecular formula is C8H16O3S. The van der Waals surface area contributed by atoms with Gasteiger partial charge in [-0.15, -0.1) is 0 Å². The van der Waals surface area contributed by atoms with Gasteiger partial charge in [-0.3, -0.25) is 4.79 Å². The van der Waals surface area contributed by atoms with Gasteiger partial charge in [-0.05, 0) is 6.92 Å². The molecule has 0 heterocycles. The minimum absolute atomic E-state index is 0.231. The second-order valence-corrected chi connectivity index (χ2v) is 6.45. The number of hydrogen-bond donors (Lipinski definition) is 0. The molecule has 72 valence electrons. The zero-order valence-electron chi connectivity index (χ0n) is 8.21. The molecule has 4 heteroatoms. The molecule has 0 aliphatic heterocycles. The third kappa shape index (κ3) is 2.93. The summed E-state index contributed by atoms with van der Waals surface area (Å²) in [6, 6.07) is 0. The highest BCUT2D eigenvalue weighted by atomic mass is 32.2. The number of Topliss-reactive ketones (excluding diaryl/α,β-unsaturated/α-hetero) is 1. The summed E-state index contributed by atoms with van der Waals surface area (Å²) in [5.41, 5.74) is -0.581. The van der Waals surface area contributed by atoms with E-state index in [-0.39, 0.29) is 5.78 Å². The Morgan fingerprint density at radius 3 is 1.67 bits per heavy atom. The number of sulfone groups is 1. The molecule has 12 heavy (non-hydrogen) atoms. The van der Waals surface area contributed by atoms with Crippen LogP contribution in [0.4, 0.5) is 0 Å². The van der Waals surface area contributed by atoms with E-state index in [4.69, 9.17) is 0 Å². The Kier molecular flexibility index (Phi) is 3.07. The first-order chi connectivity index (χ1) is 5.07. The van der Waals surface area contributed by atoms with Crippen molar-refractivity contribution in [3.8, 4) is 0 Å². The van der Waals surface area contributed by atoms with Crippen LogP contribution in [0.25, 0.3) is 0 Å². The number of hydrogen-bond acceptors (Lipinski definition) is 3. The first-order valence-electron chi connectivity index (χ1n) is 3.80. The number of ketones is 1. The maximum absolute atomic E-state index is 11.4. The maximum Gasteiger partial charge on any atom is 0.157 e. The molecule has 3 nitrogen and oxygen atoms in total. The normalized spacial score (nSPS) is 15.8. The predicted octanol–water partition coefficient (Wildman–Crippen LogP) is 1.03. The summed E-state index contributed by atoms with van der Waals surface area (Å²) >= 11 is 0. The Morgan fingerprint density at radius 2 is 1.58 bits per heavy atom. The second kappa shape index (κ2) is 3.17. The Labute approximate surface area is 74.1 Å². The van der Waals surface area contributed by atoms with Crippen molar-refractivity contribution in [1.82, 2.24) is 0 Å². The molecule has 0 saturated carbocycles. The molecule has 0 aliphatic carbocycles. The van der Waals surface area contributed by atoms with Gasteiger partial charge >= 0.3 is 0 Å². The fourth-order valence-electron chi connectivity index (χ4n) is 0.804. The van der Waals surface area contributed by atoms with Crippen LogP contribution in [-0.4, -0.2) is 25.7 Å². The average molecular weight is 192 g/mol. The lowest BCUT2D eigenvalue weighted by Gasteiger charge is -2.20. The van der Waals surface area contributed by atoms with E-state index < -0.39 is 20.5 Å². The topological polar surface area (TPSA) is 51.2 Å². The van der Waals surface area contributed by atoms with E-state index in [1.165, 1.54) is 6.92 Å². The molecule has 0 aromatic heterocycles. The van der Waals surface area contributed by atoms with Crippen LogP contribution in [-0.2, 0) is 14.6 Å². The van der Waals surface area contributed by atoms with Gasteiger partial charge in [0.05, 0.1) is 0 Å². The molecule has 0 saturated heterocycles. The Balaban J connectivity index is 4.77. The van der Waals surface area contributed by atoms with Crippen molar-refractivity contribution in [2.24, 2.45) is 5.41 Å². The molecule has 0 aliphatic rings. The van der Waals surface area contributed by atoms with Gasteiger partial charge in [-0.1, -0.05) is 20.8 Å². The monoisotopic (exact) mass is 192 g/mol. The average Bonchev–Trinajstić information content (AvgIpc) is 1.80. The highest BCUT2D eigenvalue weighted by molar-refractivity contribution is 7.92. The largest absolute Gasteiger partial charge is 0.298 e. The van der Waals surface area contributed by atoms with E-state index in [1.54, 1.807) is 20.8 Å². The van der Waals surface area contributed by atoms with E-state index >= 15 is 0 Å². The molecule has 1 atom stereocenters. The molecular weight excluding hydrogens is 176 g/mol. The first-order valence-corrected chi connectivity index (χ1v) is 5.75. The van der Waals surface area contributed by atoms with Crippen LogP contribution in [0.15, 0.2) is 0 Å². The van der Waals surface area contributed by atoms with E-state index in [9.17, 15) is 13.2 Å². The Hall–Kier alpha value is -0.380. The molecule has 0 unspecified atom stereocenters. The lowest BCUT2D eigenvalue weighted by Crippen LogP contribution is -2.35. The summed E-state index contributed by atoms with van der Waals surface area (Å²) in [5.74, 6) is -0.231. The molecule has 0 fully saturated rings. The fraction of sp³-hybridized carbons (Fsp3) is 0.875. The highest BCUT2D eigenvalue weighted by Gasteiger charge is 2.32. The van der Waals surface area contributed by atoms with E-state index in [0.29, 0.717) is 0 Å². The first kappa shape index (κ1) is 11.6. The maximum atomic E-state index is 11.4. The van der Waals surface area contributed by atoms with Gasteiger partial charge in [-0.25, -0.2) is 8.42 Å². The number of carbonyl (C=O) groups is 1. The summed E-state index contributed by atoms with van der Waals surface area (Å²) < 4.78 is 22.0. The Bertz CT molecular complexity index is 269. The predicted molar refractivity (Wildman–Crippen MR) is 48.8 cm³/mol. The van der Waals surface area contributed by atoms with E-state index in [2.05, 4.69) is 0 Å². The van der Waals surface area contributed by atoms with Crippen molar-refractivity contribution in [2.45, 2.75) is 32.9 Å². The van der Waals surface area contributed by atoms with Crippen LogP contribution in [0.5, 0.6) is 0 Å². The van der Waals surface area contributed by atoms with Crippen molar-refractivity contribution in [3.05, 3.63) is 0 Å². The van der Waals surface area contributed by atoms with Crippen LogP contribution in [0.3, 0.4) is 0 Å². The van der Waals surface area contributed by atoms with Crippen molar-refractivity contribution >= 4 is 15.6 Å². The van der Waals surface area contributed by atoms with Crippen LogP contribution < -0.4 is 0 Å². The van der Waals surface area contributed by atoms with E-state index in [1.807, 2.05) is 0 Å². The fourth-order valence-corrected chi connectivity index (χ4v) is 1.55. The van der Waals surface area contributed by atoms with Crippen LogP contribution in [0, 0.1) is 5.41 Å². The second-order valence-electron chi connectivity index (χ2n) is 4.09. The molecule has 0 aromatic carbocycles.